The second-order valence-corrected chi connectivity index (χ2v) is 8.71. The number of sulfonamides is 1. The topological polar surface area (TPSA) is 70.0 Å². The first-order valence-electron chi connectivity index (χ1n) is 8.85. The second kappa shape index (κ2) is 8.13. The Morgan fingerprint density at radius 3 is 2.04 bits per heavy atom. The molecule has 0 aliphatic heterocycles. The van der Waals surface area contributed by atoms with E-state index in [9.17, 15) is 13.7 Å². The Morgan fingerprint density at radius 1 is 1.04 bits per heavy atom. The predicted octanol–water partition coefficient (Wildman–Crippen LogP) is 4.14. The average molecular weight is 349 g/mol. The van der Waals surface area contributed by atoms with Crippen molar-refractivity contribution in [3.63, 3.8) is 0 Å². The van der Waals surface area contributed by atoms with Gasteiger partial charge in [-0.1, -0.05) is 49.8 Å². The van der Waals surface area contributed by atoms with Gasteiger partial charge in [-0.15, -0.1) is 0 Å². The zero-order chi connectivity index (χ0) is 17.7. The molecule has 1 fully saturated rings. The highest BCUT2D eigenvalue weighted by molar-refractivity contribution is 7.89. The summed E-state index contributed by atoms with van der Waals surface area (Å²) in [5.74, 6) is 0.108. The fraction of sp³-hybridized carbons (Fsp3) is 0.632. The Morgan fingerprint density at radius 2 is 1.54 bits per heavy atom. The van der Waals surface area contributed by atoms with Gasteiger partial charge in [0.2, 0.25) is 10.0 Å². The van der Waals surface area contributed by atoms with Gasteiger partial charge in [0.05, 0.1) is 11.0 Å². The summed E-state index contributed by atoms with van der Waals surface area (Å²) in [5.41, 5.74) is 2.50. The fourth-order valence-electron chi connectivity index (χ4n) is 3.87. The maximum absolute atomic E-state index is 12.9. The molecule has 132 valence electrons. The van der Waals surface area contributed by atoms with Gasteiger partial charge in [-0.2, -0.15) is 9.98 Å². The molecule has 1 aromatic carbocycles. The summed E-state index contributed by atoms with van der Waals surface area (Å²) in [4.78, 5) is 0.319. The standard InChI is InChI=1S/C19H28N2O2S/c1-14-11-15(2)19(16(3)12-14)24(22,23)21-18(13-20)17-9-7-5-4-6-8-10-17/h11-12,17-18,21H,4-10H2,1-3H3. The van der Waals surface area contributed by atoms with Gasteiger partial charge in [-0.3, -0.25) is 0 Å². The van der Waals surface area contributed by atoms with E-state index in [1.54, 1.807) is 0 Å². The third-order valence-electron chi connectivity index (χ3n) is 4.92. The van der Waals surface area contributed by atoms with Crippen LogP contribution in [0.1, 0.15) is 61.6 Å². The van der Waals surface area contributed by atoms with Crippen molar-refractivity contribution in [2.24, 2.45) is 5.92 Å². The highest BCUT2D eigenvalue weighted by Gasteiger charge is 2.29. The molecule has 1 atom stereocenters. The molecule has 5 heteroatoms. The Bertz CT molecular complexity index is 688. The number of nitrogens with one attached hydrogen (secondary N) is 1. The molecule has 1 unspecified atom stereocenters. The lowest BCUT2D eigenvalue weighted by atomic mass is 9.87. The highest BCUT2D eigenvalue weighted by atomic mass is 32.2. The SMILES string of the molecule is Cc1cc(C)c(S(=O)(=O)NC(C#N)C2CCCCCCC2)c(C)c1. The summed E-state index contributed by atoms with van der Waals surface area (Å²) in [6, 6.07) is 5.31. The molecule has 0 bridgehead atoms. The van der Waals surface area contributed by atoms with Gasteiger partial charge in [0.15, 0.2) is 0 Å². The maximum Gasteiger partial charge on any atom is 0.242 e. The Labute approximate surface area is 146 Å². The number of benzene rings is 1. The van der Waals surface area contributed by atoms with E-state index in [4.69, 9.17) is 0 Å². The molecule has 1 aliphatic carbocycles. The van der Waals surface area contributed by atoms with E-state index >= 15 is 0 Å². The van der Waals surface area contributed by atoms with Crippen molar-refractivity contribution in [1.29, 1.82) is 5.26 Å². The lowest BCUT2D eigenvalue weighted by Gasteiger charge is -2.25. The molecule has 24 heavy (non-hydrogen) atoms. The quantitative estimate of drug-likeness (QED) is 0.889. The molecule has 1 saturated carbocycles. The molecule has 0 amide bonds. The Balaban J connectivity index is 2.24. The van der Waals surface area contributed by atoms with E-state index in [1.807, 2.05) is 32.9 Å². The van der Waals surface area contributed by atoms with Crippen LogP contribution in [0, 0.1) is 38.0 Å². The first kappa shape index (κ1) is 19.0. The lowest BCUT2D eigenvalue weighted by Crippen LogP contribution is -2.40. The van der Waals surface area contributed by atoms with Crippen LogP contribution < -0.4 is 4.72 Å². The second-order valence-electron chi connectivity index (χ2n) is 7.06. The van der Waals surface area contributed by atoms with Crippen LogP contribution in [0.25, 0.3) is 0 Å². The van der Waals surface area contributed by atoms with Crippen LogP contribution in [0.4, 0.5) is 0 Å². The van der Waals surface area contributed by atoms with Crippen LogP contribution in [0.5, 0.6) is 0 Å². The van der Waals surface area contributed by atoms with Gasteiger partial charge in [0, 0.05) is 0 Å². The van der Waals surface area contributed by atoms with E-state index < -0.39 is 16.1 Å². The normalized spacial score (nSPS) is 18.4. The van der Waals surface area contributed by atoms with Crippen molar-refractivity contribution in [1.82, 2.24) is 4.72 Å². The summed E-state index contributed by atoms with van der Waals surface area (Å²) in [6.07, 6.45) is 7.60. The van der Waals surface area contributed by atoms with E-state index in [0.717, 1.165) is 42.4 Å². The van der Waals surface area contributed by atoms with Gasteiger partial charge >= 0.3 is 0 Å². The molecule has 4 nitrogen and oxygen atoms in total. The van der Waals surface area contributed by atoms with Gasteiger partial charge in [0.1, 0.15) is 6.04 Å². The first-order valence-corrected chi connectivity index (χ1v) is 10.3. The zero-order valence-corrected chi connectivity index (χ0v) is 15.7. The maximum atomic E-state index is 12.9. The predicted molar refractivity (Wildman–Crippen MR) is 96.2 cm³/mol. The number of rotatable bonds is 4. The number of hydrogen-bond donors (Lipinski definition) is 1. The molecule has 0 aromatic heterocycles. The Hall–Kier alpha value is -1.38. The highest BCUT2D eigenvalue weighted by Crippen LogP contribution is 2.27. The number of hydrogen-bond acceptors (Lipinski definition) is 3. The Kier molecular flexibility index (Phi) is 6.42. The van der Waals surface area contributed by atoms with Crippen molar-refractivity contribution in [2.75, 3.05) is 0 Å². The summed E-state index contributed by atoms with van der Waals surface area (Å²) in [6.45, 7) is 5.58. The van der Waals surface area contributed by atoms with Gasteiger partial charge < -0.3 is 0 Å². The first-order chi connectivity index (χ1) is 11.3. The molecule has 1 N–H and O–H groups in total. The molecular formula is C19H28N2O2S. The monoisotopic (exact) mass is 348 g/mol. The van der Waals surface area contributed by atoms with Crippen LogP contribution in [0.15, 0.2) is 17.0 Å². The molecular weight excluding hydrogens is 320 g/mol. The van der Waals surface area contributed by atoms with Crippen LogP contribution in [-0.2, 0) is 10.0 Å². The van der Waals surface area contributed by atoms with Crippen molar-refractivity contribution < 1.29 is 8.42 Å². The third-order valence-corrected chi connectivity index (χ3v) is 6.66. The summed E-state index contributed by atoms with van der Waals surface area (Å²) >= 11 is 0. The van der Waals surface area contributed by atoms with Crippen LogP contribution >= 0.6 is 0 Å². The van der Waals surface area contributed by atoms with Crippen LogP contribution in [-0.4, -0.2) is 14.5 Å². The molecule has 1 aliphatic rings. The minimum Gasteiger partial charge on any atom is -0.207 e. The van der Waals surface area contributed by atoms with Crippen LogP contribution in [0.3, 0.4) is 0 Å². The minimum atomic E-state index is -3.69. The van der Waals surface area contributed by atoms with E-state index in [2.05, 4.69) is 10.8 Å². The van der Waals surface area contributed by atoms with E-state index in [1.165, 1.54) is 19.3 Å². The van der Waals surface area contributed by atoms with E-state index in [-0.39, 0.29) is 5.92 Å². The van der Waals surface area contributed by atoms with Crippen molar-refractivity contribution >= 4 is 10.0 Å². The van der Waals surface area contributed by atoms with Crippen molar-refractivity contribution in [3.05, 3.63) is 28.8 Å². The molecule has 1 aromatic rings. The van der Waals surface area contributed by atoms with Gasteiger partial charge in [-0.25, -0.2) is 8.42 Å². The molecule has 0 saturated heterocycles. The van der Waals surface area contributed by atoms with Gasteiger partial charge in [-0.05, 0) is 50.7 Å². The van der Waals surface area contributed by atoms with E-state index in [0.29, 0.717) is 4.90 Å². The smallest absolute Gasteiger partial charge is 0.207 e. The van der Waals surface area contributed by atoms with Gasteiger partial charge in [0.25, 0.3) is 0 Å². The average Bonchev–Trinajstić information content (AvgIpc) is 2.43. The molecule has 0 spiro atoms. The van der Waals surface area contributed by atoms with Crippen molar-refractivity contribution in [2.45, 2.75) is 76.7 Å². The third kappa shape index (κ3) is 4.58. The summed E-state index contributed by atoms with van der Waals surface area (Å²) < 4.78 is 28.5. The van der Waals surface area contributed by atoms with Crippen LogP contribution in [0.2, 0.25) is 0 Å². The fourth-order valence-corrected chi connectivity index (χ4v) is 5.53. The number of aryl methyl sites for hydroxylation is 3. The number of nitrogens with zero attached hydrogens (tertiary/aromatic N) is 1. The summed E-state index contributed by atoms with van der Waals surface area (Å²) in [5, 5.41) is 9.56. The minimum absolute atomic E-state index is 0.108. The zero-order valence-electron chi connectivity index (χ0n) is 14.9. The lowest BCUT2D eigenvalue weighted by molar-refractivity contribution is 0.343. The number of nitriles is 1. The largest absolute Gasteiger partial charge is 0.242 e. The molecule has 2 rings (SSSR count). The molecule has 0 radical (unpaired) electrons. The summed E-state index contributed by atoms with van der Waals surface area (Å²) in [7, 11) is -3.69. The molecule has 0 heterocycles. The van der Waals surface area contributed by atoms with Crippen molar-refractivity contribution in [3.8, 4) is 6.07 Å².